The minimum Gasteiger partial charge on any atom is -0.0616 e. The first-order valence-corrected chi connectivity index (χ1v) is 26.3. The summed E-state index contributed by atoms with van der Waals surface area (Å²) in [6.45, 7) is 20.4. The predicted octanol–water partition coefficient (Wildman–Crippen LogP) is 20.6. The van der Waals surface area contributed by atoms with Crippen molar-refractivity contribution in [2.24, 2.45) is 0 Å². The van der Waals surface area contributed by atoms with Crippen LogP contribution in [0.25, 0.3) is 109 Å². The zero-order chi connectivity index (χ0) is 50.7. The third kappa shape index (κ3) is 6.95. The molecule has 0 heterocycles. The van der Waals surface area contributed by atoms with Crippen LogP contribution < -0.4 is 0 Å². The van der Waals surface area contributed by atoms with Crippen molar-refractivity contribution in [3.63, 3.8) is 0 Å². The molecule has 0 aliphatic carbocycles. The van der Waals surface area contributed by atoms with Crippen molar-refractivity contribution in [3.8, 4) is 33.4 Å². The van der Waals surface area contributed by atoms with Crippen molar-refractivity contribution in [2.75, 3.05) is 0 Å². The maximum atomic E-state index is 2.52. The Hall–Kier alpha value is -8.32. The van der Waals surface area contributed by atoms with Crippen molar-refractivity contribution in [2.45, 2.75) is 62.3 Å². The molecule has 0 spiro atoms. The third-order valence-electron chi connectivity index (χ3n) is 16.3. The van der Waals surface area contributed by atoms with E-state index in [0.717, 1.165) is 0 Å². The molecular weight excluding hydrogens is 889 g/mol. The van der Waals surface area contributed by atoms with Gasteiger partial charge in [-0.2, -0.15) is 0 Å². The van der Waals surface area contributed by atoms with Crippen LogP contribution in [0.2, 0.25) is 0 Å². The Bertz CT molecular complexity index is 4160. The molecule has 0 atom stereocenters. The van der Waals surface area contributed by atoms with Crippen molar-refractivity contribution in [1.82, 2.24) is 0 Å². The first-order valence-electron chi connectivity index (χ1n) is 26.3. The Labute approximate surface area is 435 Å². The van der Waals surface area contributed by atoms with Crippen LogP contribution in [-0.2, 0) is 0 Å². The predicted molar refractivity (Wildman–Crippen MR) is 321 cm³/mol. The SMILES string of the molecule is Cc1cc(C)c(-c2c3ccccc3c([C](c3c4ccccc4c(-c4c(C)cc(C)cc4C)c4ccccc34)c3c4ccccc4c(-c4c(C)cc(C)cc4C)c4cc5ccccc5cc34)c3ccccc23)c(C)c1. The molecule has 0 N–H and O–H groups in total. The summed E-state index contributed by atoms with van der Waals surface area (Å²) in [6, 6.07) is 74.6. The molecule has 0 heteroatoms. The lowest BCUT2D eigenvalue weighted by Gasteiger charge is -2.31. The van der Waals surface area contributed by atoms with Crippen molar-refractivity contribution >= 4 is 75.4 Å². The maximum Gasteiger partial charge on any atom is 0.0667 e. The van der Waals surface area contributed by atoms with Gasteiger partial charge in [0.2, 0.25) is 0 Å². The molecule has 13 aromatic carbocycles. The fraction of sp³-hybridized carbons (Fsp3) is 0.122. The summed E-state index contributed by atoms with van der Waals surface area (Å²) in [5, 5.41) is 17.5. The van der Waals surface area contributed by atoms with Gasteiger partial charge in [-0.3, -0.25) is 0 Å². The van der Waals surface area contributed by atoms with Gasteiger partial charge in [0.05, 0.1) is 5.92 Å². The highest BCUT2D eigenvalue weighted by atomic mass is 14.4. The number of rotatable bonds is 6. The monoisotopic (exact) mass is 947 g/mol. The zero-order valence-electron chi connectivity index (χ0n) is 44.0. The molecule has 13 rings (SSSR count). The lowest BCUT2D eigenvalue weighted by atomic mass is 9.71. The number of hydrogen-bond donors (Lipinski definition) is 0. The smallest absolute Gasteiger partial charge is 0.0616 e. The summed E-state index contributed by atoms with van der Waals surface area (Å²) in [5.41, 5.74) is 23.2. The van der Waals surface area contributed by atoms with Gasteiger partial charge in [0.1, 0.15) is 0 Å². The molecule has 0 nitrogen and oxygen atoms in total. The molecule has 355 valence electrons. The minimum absolute atomic E-state index is 1.23. The highest BCUT2D eigenvalue weighted by molar-refractivity contribution is 6.25. The second kappa shape index (κ2) is 17.4. The lowest BCUT2D eigenvalue weighted by Crippen LogP contribution is -2.11. The molecule has 0 saturated heterocycles. The molecule has 13 aromatic rings. The highest BCUT2D eigenvalue weighted by Gasteiger charge is 2.34. The number of benzene rings is 13. The Morgan fingerprint density at radius 3 is 0.703 bits per heavy atom. The van der Waals surface area contributed by atoms with Crippen LogP contribution >= 0.6 is 0 Å². The fourth-order valence-corrected chi connectivity index (χ4v) is 13.8. The van der Waals surface area contributed by atoms with E-state index in [2.05, 4.69) is 256 Å². The second-order valence-electron chi connectivity index (χ2n) is 21.4. The quantitative estimate of drug-likeness (QED) is 0.115. The Morgan fingerprint density at radius 1 is 0.203 bits per heavy atom. The van der Waals surface area contributed by atoms with Gasteiger partial charge in [0.15, 0.2) is 0 Å². The van der Waals surface area contributed by atoms with E-state index in [-0.39, 0.29) is 0 Å². The van der Waals surface area contributed by atoms with Gasteiger partial charge < -0.3 is 0 Å². The Morgan fingerprint density at radius 2 is 0.419 bits per heavy atom. The molecule has 1 radical (unpaired) electrons. The summed E-state index contributed by atoms with van der Waals surface area (Å²) in [7, 11) is 0. The van der Waals surface area contributed by atoms with E-state index < -0.39 is 0 Å². The van der Waals surface area contributed by atoms with Crippen molar-refractivity contribution < 1.29 is 0 Å². The van der Waals surface area contributed by atoms with Crippen LogP contribution in [0.5, 0.6) is 0 Å². The minimum atomic E-state index is 1.23. The summed E-state index contributed by atoms with van der Waals surface area (Å²) in [5.74, 6) is 1.25. The lowest BCUT2D eigenvalue weighted by molar-refractivity contribution is 1.32. The molecule has 0 aliphatic heterocycles. The molecule has 74 heavy (non-hydrogen) atoms. The van der Waals surface area contributed by atoms with Gasteiger partial charge in [-0.25, -0.2) is 0 Å². The van der Waals surface area contributed by atoms with Crippen LogP contribution in [0.15, 0.2) is 194 Å². The molecule has 0 saturated carbocycles. The molecule has 0 amide bonds. The normalized spacial score (nSPS) is 12.0. The number of fused-ring (bicyclic) bond motifs is 7. The molecule has 0 aromatic heterocycles. The van der Waals surface area contributed by atoms with E-state index in [0.29, 0.717) is 0 Å². The second-order valence-corrected chi connectivity index (χ2v) is 21.4. The average molecular weight is 948 g/mol. The van der Waals surface area contributed by atoms with Gasteiger partial charge in [0, 0.05) is 0 Å². The van der Waals surface area contributed by atoms with E-state index in [1.54, 1.807) is 0 Å². The van der Waals surface area contributed by atoms with Crippen LogP contribution in [0.1, 0.15) is 66.8 Å². The van der Waals surface area contributed by atoms with E-state index >= 15 is 0 Å². The summed E-state index contributed by atoms with van der Waals surface area (Å²) in [4.78, 5) is 0. The summed E-state index contributed by atoms with van der Waals surface area (Å²) < 4.78 is 0. The largest absolute Gasteiger partial charge is 0.0667 e. The standard InChI is InChI=1S/C74H59/c1-42-34-45(4)65(46(5)35-42)68-53-24-12-16-28-57(53)70(58-29-17-13-25-54(58)68)74(71-59-30-18-14-26-55(59)69(56-27-15-19-31-60(56)71)66-47(6)36-43(2)37-48(66)7)73-62-33-21-20-32-61(62)72(67-49(8)38-44(3)39-50(67)9)63-40-51-22-10-11-23-52(51)41-64(63)73/h10-41H,1-9H3. The molecule has 0 bridgehead atoms. The van der Waals surface area contributed by atoms with E-state index in [1.807, 2.05) is 0 Å². The highest BCUT2D eigenvalue weighted by Crippen LogP contribution is 2.55. The Balaban J connectivity index is 1.31. The summed E-state index contributed by atoms with van der Waals surface area (Å²) >= 11 is 0. The summed E-state index contributed by atoms with van der Waals surface area (Å²) in [6.07, 6.45) is 0. The van der Waals surface area contributed by atoms with Crippen molar-refractivity contribution in [3.05, 3.63) is 267 Å². The third-order valence-corrected chi connectivity index (χ3v) is 16.3. The van der Waals surface area contributed by atoms with Gasteiger partial charge in [-0.1, -0.05) is 199 Å². The molecule has 0 aliphatic rings. The number of hydrogen-bond acceptors (Lipinski definition) is 0. The maximum absolute atomic E-state index is 2.52. The van der Waals surface area contributed by atoms with Crippen LogP contribution in [0.4, 0.5) is 0 Å². The van der Waals surface area contributed by atoms with Gasteiger partial charge in [0.25, 0.3) is 0 Å². The van der Waals surface area contributed by atoms with Crippen LogP contribution in [-0.4, -0.2) is 0 Å². The topological polar surface area (TPSA) is 0 Å². The zero-order valence-corrected chi connectivity index (χ0v) is 44.0. The Kier molecular flexibility index (Phi) is 10.7. The molecule has 0 unspecified atom stereocenters. The average Bonchev–Trinajstić information content (AvgIpc) is 3.40. The molecular formula is C74H59. The van der Waals surface area contributed by atoms with Gasteiger partial charge in [-0.05, 0) is 233 Å². The number of aryl methyl sites for hydroxylation is 9. The molecule has 0 fully saturated rings. The fourth-order valence-electron chi connectivity index (χ4n) is 13.8. The van der Waals surface area contributed by atoms with E-state index in [9.17, 15) is 0 Å². The van der Waals surface area contributed by atoms with Crippen molar-refractivity contribution in [1.29, 1.82) is 0 Å². The first kappa shape index (κ1) is 45.5. The van der Waals surface area contributed by atoms with Gasteiger partial charge >= 0.3 is 0 Å². The van der Waals surface area contributed by atoms with Crippen LogP contribution in [0.3, 0.4) is 0 Å². The van der Waals surface area contributed by atoms with E-state index in [4.69, 9.17) is 0 Å². The first-order chi connectivity index (χ1) is 36.0. The van der Waals surface area contributed by atoms with Gasteiger partial charge in [-0.15, -0.1) is 0 Å². The van der Waals surface area contributed by atoms with Crippen LogP contribution in [0, 0.1) is 68.2 Å². The van der Waals surface area contributed by atoms with E-state index in [1.165, 1.54) is 181 Å².